The normalized spacial score (nSPS) is 10.6. The molecule has 0 fully saturated rings. The average molecular weight is 400 g/mol. The number of aromatic nitrogens is 2. The van der Waals surface area contributed by atoms with Gasteiger partial charge in [0.2, 0.25) is 11.7 Å². The molecule has 0 N–H and O–H groups in total. The summed E-state index contributed by atoms with van der Waals surface area (Å²) in [6.45, 7) is 3.93. The summed E-state index contributed by atoms with van der Waals surface area (Å²) in [5.74, 6) is 1.37. The first-order valence-electron chi connectivity index (χ1n) is 8.26. The third kappa shape index (κ3) is 4.59. The lowest BCUT2D eigenvalue weighted by Gasteiger charge is -2.16. The summed E-state index contributed by atoms with van der Waals surface area (Å²) in [6.07, 6.45) is 1.81. The van der Waals surface area contributed by atoms with E-state index in [-0.39, 0.29) is 12.5 Å². The standard InChI is InChI=1S/C20H18ClN3O2S/c1-3-12-27-17-11-7-5-9-15(17)20(25)24(2)13-18-22-19(23-26-18)14-8-4-6-10-16(14)21/h3-11H,1,12-13H2,2H3. The van der Waals surface area contributed by atoms with Crippen LogP contribution in [0.25, 0.3) is 11.4 Å². The zero-order chi connectivity index (χ0) is 19.2. The van der Waals surface area contributed by atoms with Crippen LogP contribution in [0.1, 0.15) is 16.2 Å². The fourth-order valence-electron chi connectivity index (χ4n) is 2.47. The third-order valence-electron chi connectivity index (χ3n) is 3.78. The molecule has 1 amide bonds. The van der Waals surface area contributed by atoms with Crippen LogP contribution in [0.5, 0.6) is 0 Å². The van der Waals surface area contributed by atoms with Crippen LogP contribution >= 0.6 is 23.4 Å². The van der Waals surface area contributed by atoms with E-state index in [1.165, 1.54) is 0 Å². The summed E-state index contributed by atoms with van der Waals surface area (Å²) in [4.78, 5) is 19.7. The molecule has 2 aromatic carbocycles. The first kappa shape index (κ1) is 19.2. The van der Waals surface area contributed by atoms with E-state index in [1.54, 1.807) is 29.8 Å². The van der Waals surface area contributed by atoms with Crippen molar-refractivity contribution in [2.24, 2.45) is 0 Å². The van der Waals surface area contributed by atoms with Crippen molar-refractivity contribution >= 4 is 29.3 Å². The molecule has 138 valence electrons. The number of benzene rings is 2. The molecule has 1 aromatic heterocycles. The second-order valence-corrected chi connectivity index (χ2v) is 7.22. The number of hydrogen-bond acceptors (Lipinski definition) is 5. The molecular formula is C20H18ClN3O2S. The SMILES string of the molecule is C=CCSc1ccccc1C(=O)N(C)Cc1nc(-c2ccccc2Cl)no1. The number of rotatable bonds is 7. The van der Waals surface area contributed by atoms with Gasteiger partial charge in [-0.25, -0.2) is 0 Å². The summed E-state index contributed by atoms with van der Waals surface area (Å²) < 4.78 is 5.29. The molecule has 1 heterocycles. The van der Waals surface area contributed by atoms with Crippen molar-refractivity contribution in [3.63, 3.8) is 0 Å². The van der Waals surface area contributed by atoms with E-state index in [9.17, 15) is 4.79 Å². The van der Waals surface area contributed by atoms with Gasteiger partial charge in [-0.15, -0.1) is 18.3 Å². The quantitative estimate of drug-likeness (QED) is 0.416. The van der Waals surface area contributed by atoms with Gasteiger partial charge in [-0.2, -0.15) is 4.98 Å². The Bertz CT molecular complexity index is 958. The molecule has 5 nitrogen and oxygen atoms in total. The highest BCUT2D eigenvalue weighted by atomic mass is 35.5. The predicted molar refractivity (Wildman–Crippen MR) is 108 cm³/mol. The van der Waals surface area contributed by atoms with Crippen LogP contribution in [0.2, 0.25) is 5.02 Å². The first-order chi connectivity index (χ1) is 13.1. The van der Waals surface area contributed by atoms with E-state index in [2.05, 4.69) is 16.7 Å². The summed E-state index contributed by atoms with van der Waals surface area (Å²) in [6, 6.07) is 14.8. The van der Waals surface area contributed by atoms with Gasteiger partial charge in [0, 0.05) is 23.3 Å². The number of nitrogens with zero attached hydrogens (tertiary/aromatic N) is 3. The fourth-order valence-corrected chi connectivity index (χ4v) is 3.47. The minimum atomic E-state index is -0.111. The van der Waals surface area contributed by atoms with Gasteiger partial charge in [0.1, 0.15) is 0 Å². The molecule has 0 radical (unpaired) electrons. The number of amides is 1. The van der Waals surface area contributed by atoms with E-state index in [4.69, 9.17) is 16.1 Å². The minimum Gasteiger partial charge on any atom is -0.337 e. The highest BCUT2D eigenvalue weighted by Gasteiger charge is 2.19. The Labute approximate surface area is 167 Å². The Morgan fingerprint density at radius 3 is 2.78 bits per heavy atom. The van der Waals surface area contributed by atoms with Gasteiger partial charge >= 0.3 is 0 Å². The Hall–Kier alpha value is -2.57. The van der Waals surface area contributed by atoms with Crippen LogP contribution in [-0.2, 0) is 6.54 Å². The highest BCUT2D eigenvalue weighted by Crippen LogP contribution is 2.26. The monoisotopic (exact) mass is 399 g/mol. The Morgan fingerprint density at radius 2 is 2.00 bits per heavy atom. The molecule has 0 atom stereocenters. The van der Waals surface area contributed by atoms with Gasteiger partial charge in [-0.3, -0.25) is 4.79 Å². The fraction of sp³-hybridized carbons (Fsp3) is 0.150. The molecule has 0 saturated carbocycles. The Kier molecular flexibility index (Phi) is 6.32. The molecule has 0 unspecified atom stereocenters. The van der Waals surface area contributed by atoms with Crippen LogP contribution < -0.4 is 0 Å². The molecule has 3 aromatic rings. The number of thioether (sulfide) groups is 1. The maximum atomic E-state index is 12.8. The van der Waals surface area contributed by atoms with E-state index in [0.717, 1.165) is 10.6 Å². The predicted octanol–water partition coefficient (Wildman–Crippen LogP) is 4.94. The number of halogens is 1. The average Bonchev–Trinajstić information content (AvgIpc) is 3.14. The first-order valence-corrected chi connectivity index (χ1v) is 9.62. The van der Waals surface area contributed by atoms with Gasteiger partial charge in [-0.05, 0) is 24.3 Å². The molecule has 0 aliphatic rings. The van der Waals surface area contributed by atoms with Crippen molar-refractivity contribution in [3.05, 3.63) is 77.7 Å². The maximum absolute atomic E-state index is 12.8. The maximum Gasteiger partial charge on any atom is 0.255 e. The number of carbonyl (C=O) groups excluding carboxylic acids is 1. The summed E-state index contributed by atoms with van der Waals surface area (Å²) in [5, 5.41) is 4.51. The molecule has 0 spiro atoms. The molecule has 0 aliphatic heterocycles. The largest absolute Gasteiger partial charge is 0.337 e. The van der Waals surface area contributed by atoms with Gasteiger partial charge in [-0.1, -0.05) is 47.1 Å². The third-order valence-corrected chi connectivity index (χ3v) is 5.18. The molecular weight excluding hydrogens is 382 g/mol. The van der Waals surface area contributed by atoms with Crippen LogP contribution in [0.3, 0.4) is 0 Å². The minimum absolute atomic E-state index is 0.111. The molecule has 27 heavy (non-hydrogen) atoms. The van der Waals surface area contributed by atoms with E-state index in [0.29, 0.717) is 27.9 Å². The Balaban J connectivity index is 1.75. The Morgan fingerprint density at radius 1 is 1.26 bits per heavy atom. The van der Waals surface area contributed by atoms with Gasteiger partial charge < -0.3 is 9.42 Å². The van der Waals surface area contributed by atoms with E-state index >= 15 is 0 Å². The van der Waals surface area contributed by atoms with E-state index in [1.807, 2.05) is 48.5 Å². The lowest BCUT2D eigenvalue weighted by Crippen LogP contribution is -2.26. The van der Waals surface area contributed by atoms with Crippen molar-refractivity contribution in [2.45, 2.75) is 11.4 Å². The lowest BCUT2D eigenvalue weighted by atomic mass is 10.2. The van der Waals surface area contributed by atoms with Gasteiger partial charge in [0.15, 0.2) is 0 Å². The second kappa shape index (κ2) is 8.88. The smallest absolute Gasteiger partial charge is 0.255 e. The van der Waals surface area contributed by atoms with Crippen molar-refractivity contribution in [1.82, 2.24) is 15.0 Å². The van der Waals surface area contributed by atoms with Crippen LogP contribution in [0, 0.1) is 0 Å². The summed E-state index contributed by atoms with van der Waals surface area (Å²) in [7, 11) is 1.71. The number of carbonyl (C=O) groups is 1. The molecule has 0 saturated heterocycles. The summed E-state index contributed by atoms with van der Waals surface area (Å²) >= 11 is 7.74. The van der Waals surface area contributed by atoms with Gasteiger partial charge in [0.05, 0.1) is 17.1 Å². The number of hydrogen-bond donors (Lipinski definition) is 0. The topological polar surface area (TPSA) is 59.2 Å². The molecule has 7 heteroatoms. The molecule has 0 bridgehead atoms. The highest BCUT2D eigenvalue weighted by molar-refractivity contribution is 7.99. The zero-order valence-corrected chi connectivity index (χ0v) is 16.3. The lowest BCUT2D eigenvalue weighted by molar-refractivity contribution is 0.0766. The second-order valence-electron chi connectivity index (χ2n) is 5.75. The zero-order valence-electron chi connectivity index (χ0n) is 14.8. The molecule has 3 rings (SSSR count). The van der Waals surface area contributed by atoms with Crippen molar-refractivity contribution in [3.8, 4) is 11.4 Å². The van der Waals surface area contributed by atoms with Crippen LogP contribution in [-0.4, -0.2) is 33.7 Å². The molecule has 0 aliphatic carbocycles. The van der Waals surface area contributed by atoms with Crippen LogP contribution in [0.4, 0.5) is 0 Å². The van der Waals surface area contributed by atoms with Crippen molar-refractivity contribution in [1.29, 1.82) is 0 Å². The van der Waals surface area contributed by atoms with Crippen molar-refractivity contribution in [2.75, 3.05) is 12.8 Å². The van der Waals surface area contributed by atoms with Gasteiger partial charge in [0.25, 0.3) is 5.91 Å². The van der Waals surface area contributed by atoms with Crippen LogP contribution in [0.15, 0.2) is 70.6 Å². The van der Waals surface area contributed by atoms with Crippen molar-refractivity contribution < 1.29 is 9.32 Å². The van der Waals surface area contributed by atoms with E-state index < -0.39 is 0 Å². The summed E-state index contributed by atoms with van der Waals surface area (Å²) in [5.41, 5.74) is 1.33.